The lowest BCUT2D eigenvalue weighted by Gasteiger charge is -2.15. The van der Waals surface area contributed by atoms with E-state index in [1.165, 1.54) is 0 Å². The van der Waals surface area contributed by atoms with Crippen molar-refractivity contribution < 1.29 is 17.7 Å². The van der Waals surface area contributed by atoms with E-state index in [2.05, 4.69) is 31.9 Å². The van der Waals surface area contributed by atoms with Crippen LogP contribution >= 0.6 is 31.9 Å². The maximum atomic E-state index is 10.8. The van der Waals surface area contributed by atoms with Gasteiger partial charge in [-0.3, -0.25) is 4.55 Å². The Hall–Kier alpha value is -0.110. The second-order valence-corrected chi connectivity index (χ2v) is 6.68. The highest BCUT2D eigenvalue weighted by molar-refractivity contribution is 9.13. The number of alkyl halides is 2. The summed E-state index contributed by atoms with van der Waals surface area (Å²) < 4.78 is 34.3. The Balaban J connectivity index is 2.68. The molecule has 7 heteroatoms. The molecule has 0 bridgehead atoms. The highest BCUT2D eigenvalue weighted by atomic mass is 79.9. The van der Waals surface area contributed by atoms with E-state index in [9.17, 15) is 8.42 Å². The van der Waals surface area contributed by atoms with Gasteiger partial charge in [-0.25, -0.2) is 0 Å². The maximum absolute atomic E-state index is 10.8. The molecule has 0 aliphatic rings. The number of benzene rings is 1. The highest BCUT2D eigenvalue weighted by Gasteiger charge is 2.29. The zero-order valence-electron chi connectivity index (χ0n) is 7.38. The lowest BCUT2D eigenvalue weighted by molar-refractivity contribution is 0.304. The first-order valence-corrected chi connectivity index (χ1v) is 7.21. The van der Waals surface area contributed by atoms with Gasteiger partial charge >= 0.3 is 0 Å². The van der Waals surface area contributed by atoms with E-state index in [1.54, 1.807) is 24.3 Å². The van der Waals surface area contributed by atoms with Gasteiger partial charge in [0.05, 0.1) is 0 Å². The number of rotatable bonds is 4. The first-order chi connectivity index (χ1) is 6.91. The fraction of sp³-hybridized carbons (Fsp3) is 0.250. The van der Waals surface area contributed by atoms with Gasteiger partial charge in [0.1, 0.15) is 5.75 Å². The monoisotopic (exact) mass is 358 g/mol. The van der Waals surface area contributed by atoms with Crippen LogP contribution in [-0.4, -0.2) is 22.1 Å². The lowest BCUT2D eigenvalue weighted by atomic mass is 10.3. The van der Waals surface area contributed by atoms with Crippen LogP contribution in [-0.2, 0) is 10.1 Å². The molecular formula is C8H8Br2O4S. The maximum Gasteiger partial charge on any atom is 0.282 e. The molecule has 0 heterocycles. The summed E-state index contributed by atoms with van der Waals surface area (Å²) in [6.45, 7) is 0. The summed E-state index contributed by atoms with van der Waals surface area (Å²) >= 11 is 5.82. The van der Waals surface area contributed by atoms with Crippen LogP contribution in [0.1, 0.15) is 0 Å². The van der Waals surface area contributed by atoms with Crippen molar-refractivity contribution in [2.75, 3.05) is 0 Å². The van der Waals surface area contributed by atoms with Crippen LogP contribution in [0.25, 0.3) is 0 Å². The summed E-state index contributed by atoms with van der Waals surface area (Å²) in [6.07, 6.45) is 0. The zero-order chi connectivity index (χ0) is 11.5. The van der Waals surface area contributed by atoms with E-state index >= 15 is 0 Å². The van der Waals surface area contributed by atoms with Gasteiger partial charge in [0.15, 0.2) is 9.17 Å². The fourth-order valence-corrected chi connectivity index (χ4v) is 2.29. The molecular weight excluding hydrogens is 352 g/mol. The first-order valence-electron chi connectivity index (χ1n) is 3.87. The Morgan fingerprint density at radius 3 is 2.20 bits per heavy atom. The van der Waals surface area contributed by atoms with Crippen LogP contribution in [0.15, 0.2) is 30.3 Å². The Morgan fingerprint density at radius 1 is 1.20 bits per heavy atom. The van der Waals surface area contributed by atoms with Crippen molar-refractivity contribution in [3.8, 4) is 5.75 Å². The van der Waals surface area contributed by atoms with Gasteiger partial charge in [-0.2, -0.15) is 8.42 Å². The quantitative estimate of drug-likeness (QED) is 0.662. The first kappa shape index (κ1) is 13.0. The summed E-state index contributed by atoms with van der Waals surface area (Å²) in [5.41, 5.74) is 0. The molecule has 1 N–H and O–H groups in total. The smallest absolute Gasteiger partial charge is 0.282 e. The summed E-state index contributed by atoms with van der Waals surface area (Å²) in [5, 5.41) is -0.866. The summed E-state index contributed by atoms with van der Waals surface area (Å²) in [4.78, 5) is 0. The minimum atomic E-state index is -4.18. The third kappa shape index (κ3) is 4.10. The van der Waals surface area contributed by atoms with Crippen molar-refractivity contribution in [3.05, 3.63) is 30.3 Å². The molecule has 0 aliphatic heterocycles. The number of hydrogen-bond donors (Lipinski definition) is 1. The van der Waals surface area contributed by atoms with E-state index < -0.39 is 19.3 Å². The van der Waals surface area contributed by atoms with Gasteiger partial charge in [-0.05, 0) is 28.1 Å². The van der Waals surface area contributed by atoms with E-state index in [4.69, 9.17) is 9.29 Å². The average Bonchev–Trinajstić information content (AvgIpc) is 2.16. The number of para-hydroxylation sites is 1. The minimum Gasteiger partial charge on any atom is -0.477 e. The van der Waals surface area contributed by atoms with Crippen LogP contribution < -0.4 is 4.74 Å². The van der Waals surface area contributed by atoms with Crippen LogP contribution in [0.5, 0.6) is 5.75 Å². The van der Waals surface area contributed by atoms with E-state index in [1.807, 2.05) is 6.07 Å². The standard InChI is InChI=1S/C8H8Br2O4S/c9-7(8(10)15(11,12)13)14-6-4-2-1-3-5-6/h1-5,7-8H,(H,11,12,13). The van der Waals surface area contributed by atoms with Crippen molar-refractivity contribution in [2.45, 2.75) is 9.17 Å². The van der Waals surface area contributed by atoms with Crippen LogP contribution in [0.3, 0.4) is 0 Å². The average molecular weight is 360 g/mol. The van der Waals surface area contributed by atoms with E-state index in [0.717, 1.165) is 0 Å². The van der Waals surface area contributed by atoms with Crippen LogP contribution in [0, 0.1) is 0 Å². The molecule has 0 saturated heterocycles. The second-order valence-electron chi connectivity index (χ2n) is 2.65. The SMILES string of the molecule is O=S(=O)(O)C(Br)C(Br)Oc1ccccc1. The minimum absolute atomic E-state index is 0.507. The molecule has 1 rings (SSSR count). The molecule has 1 aromatic carbocycles. The van der Waals surface area contributed by atoms with Gasteiger partial charge in [0.25, 0.3) is 10.1 Å². The molecule has 0 aliphatic carbocycles. The Kier molecular flexibility index (Phi) is 4.57. The number of halogens is 2. The summed E-state index contributed by atoms with van der Waals surface area (Å²) in [6, 6.07) is 8.68. The van der Waals surface area contributed by atoms with Gasteiger partial charge < -0.3 is 4.74 Å². The molecule has 2 atom stereocenters. The molecule has 0 radical (unpaired) electrons. The zero-order valence-corrected chi connectivity index (χ0v) is 11.4. The lowest BCUT2D eigenvalue weighted by Crippen LogP contribution is -2.28. The predicted molar refractivity (Wildman–Crippen MR) is 64.0 cm³/mol. The van der Waals surface area contributed by atoms with Crippen molar-refractivity contribution in [3.63, 3.8) is 0 Å². The normalized spacial score (nSPS) is 15.7. The molecule has 0 saturated carbocycles. The van der Waals surface area contributed by atoms with Crippen LogP contribution in [0.2, 0.25) is 0 Å². The van der Waals surface area contributed by atoms with E-state index in [0.29, 0.717) is 5.75 Å². The second kappa shape index (κ2) is 5.29. The molecule has 0 fully saturated rings. The van der Waals surface area contributed by atoms with E-state index in [-0.39, 0.29) is 0 Å². The molecule has 0 spiro atoms. The van der Waals surface area contributed by atoms with Gasteiger partial charge in [-0.15, -0.1) is 0 Å². The molecule has 0 aromatic heterocycles. The third-order valence-electron chi connectivity index (χ3n) is 1.48. The summed E-state index contributed by atoms with van der Waals surface area (Å²) in [7, 11) is -4.18. The Labute approximate surface area is 105 Å². The largest absolute Gasteiger partial charge is 0.477 e. The number of hydrogen-bond acceptors (Lipinski definition) is 3. The molecule has 2 unspecified atom stereocenters. The van der Waals surface area contributed by atoms with Crippen molar-refractivity contribution in [1.29, 1.82) is 0 Å². The van der Waals surface area contributed by atoms with Gasteiger partial charge in [0, 0.05) is 0 Å². The number of ether oxygens (including phenoxy) is 1. The Bertz CT molecular complexity index is 406. The molecule has 84 valence electrons. The predicted octanol–water partition coefficient (Wildman–Crippen LogP) is 2.40. The molecule has 1 aromatic rings. The third-order valence-corrected chi connectivity index (χ3v) is 5.97. The molecule has 15 heavy (non-hydrogen) atoms. The highest BCUT2D eigenvalue weighted by Crippen LogP contribution is 2.23. The molecule has 4 nitrogen and oxygen atoms in total. The molecule has 0 amide bonds. The van der Waals surface area contributed by atoms with Gasteiger partial charge in [-0.1, -0.05) is 34.1 Å². The van der Waals surface area contributed by atoms with Crippen molar-refractivity contribution >= 4 is 42.0 Å². The van der Waals surface area contributed by atoms with Crippen LogP contribution in [0.4, 0.5) is 0 Å². The van der Waals surface area contributed by atoms with Crippen molar-refractivity contribution in [2.24, 2.45) is 0 Å². The topological polar surface area (TPSA) is 63.6 Å². The summed E-state index contributed by atoms with van der Waals surface area (Å²) in [5.74, 6) is 0.507. The Morgan fingerprint density at radius 2 is 1.73 bits per heavy atom. The van der Waals surface area contributed by atoms with Gasteiger partial charge in [0.2, 0.25) is 0 Å². The fourth-order valence-electron chi connectivity index (χ4n) is 0.818. The van der Waals surface area contributed by atoms with Crippen molar-refractivity contribution in [1.82, 2.24) is 0 Å².